The number of urea groups is 1. The lowest BCUT2D eigenvalue weighted by Gasteiger charge is -2.15. The van der Waals surface area contributed by atoms with E-state index in [2.05, 4.69) is 16.5 Å². The monoisotopic (exact) mass is 438 g/mol. The Morgan fingerprint density at radius 1 is 1.23 bits per heavy atom. The van der Waals surface area contributed by atoms with Crippen LogP contribution in [0.25, 0.3) is 0 Å². The molecule has 1 unspecified atom stereocenters. The molecule has 1 heterocycles. The van der Waals surface area contributed by atoms with E-state index in [0.29, 0.717) is 35.8 Å². The molecule has 31 heavy (non-hydrogen) atoms. The zero-order valence-corrected chi connectivity index (χ0v) is 17.9. The summed E-state index contributed by atoms with van der Waals surface area (Å²) in [6, 6.07) is 15.6. The summed E-state index contributed by atoms with van der Waals surface area (Å²) in [6.07, 6.45) is 1.95. The second-order valence-electron chi connectivity index (χ2n) is 7.05. The number of hydrogen-bond donors (Lipinski definition) is 1. The predicted octanol–water partition coefficient (Wildman–Crippen LogP) is 5.08. The van der Waals surface area contributed by atoms with Crippen LogP contribution in [0.1, 0.15) is 42.1 Å². The van der Waals surface area contributed by atoms with Crippen LogP contribution < -0.4 is 5.32 Å². The summed E-state index contributed by atoms with van der Waals surface area (Å²) in [5.74, 6) is -0.371. The van der Waals surface area contributed by atoms with E-state index in [1.165, 1.54) is 5.01 Å². The molecular weight excluding hydrogens is 416 g/mol. The molecule has 2 amide bonds. The Morgan fingerprint density at radius 2 is 1.94 bits per heavy atom. The van der Waals surface area contributed by atoms with Gasteiger partial charge in [0.1, 0.15) is 0 Å². The van der Waals surface area contributed by atoms with Crippen LogP contribution >= 0.6 is 11.6 Å². The van der Waals surface area contributed by atoms with Crippen molar-refractivity contribution in [3.05, 3.63) is 64.7 Å². The number of halogens is 1. The summed E-state index contributed by atoms with van der Waals surface area (Å²) in [5.41, 5.74) is 2.68. The zero-order chi connectivity index (χ0) is 22.2. The van der Waals surface area contributed by atoms with Crippen molar-refractivity contribution in [2.45, 2.75) is 26.2 Å². The van der Waals surface area contributed by atoms with Crippen molar-refractivity contribution in [2.75, 3.05) is 18.5 Å². The van der Waals surface area contributed by atoms with Gasteiger partial charge in [0.15, 0.2) is 0 Å². The van der Waals surface area contributed by atoms with Crippen molar-refractivity contribution in [3.8, 4) is 6.07 Å². The Morgan fingerprint density at radius 3 is 2.58 bits per heavy atom. The minimum Gasteiger partial charge on any atom is -0.462 e. The number of carbonyl (C=O) groups excluding carboxylic acids is 2. The van der Waals surface area contributed by atoms with Crippen LogP contribution in [-0.2, 0) is 4.74 Å². The highest BCUT2D eigenvalue weighted by atomic mass is 35.5. The number of esters is 1. The first-order valence-corrected chi connectivity index (χ1v) is 10.5. The molecule has 3 rings (SSSR count). The van der Waals surface area contributed by atoms with Gasteiger partial charge < -0.3 is 10.1 Å². The van der Waals surface area contributed by atoms with E-state index in [1.807, 2.05) is 12.1 Å². The first-order chi connectivity index (χ1) is 15.0. The van der Waals surface area contributed by atoms with Crippen molar-refractivity contribution in [1.82, 2.24) is 5.01 Å². The molecule has 0 spiro atoms. The second kappa shape index (κ2) is 10.6. The Bertz CT molecular complexity index is 997. The smallest absolute Gasteiger partial charge is 0.342 e. The lowest BCUT2D eigenvalue weighted by molar-refractivity contribution is 0.0526. The molecule has 0 bridgehead atoms. The normalized spacial score (nSPS) is 15.2. The molecule has 7 nitrogen and oxygen atoms in total. The molecule has 2 aromatic rings. The van der Waals surface area contributed by atoms with Gasteiger partial charge >= 0.3 is 12.0 Å². The van der Waals surface area contributed by atoms with E-state index in [4.69, 9.17) is 21.6 Å². The Kier molecular flexibility index (Phi) is 7.63. The molecule has 8 heteroatoms. The van der Waals surface area contributed by atoms with Crippen molar-refractivity contribution in [2.24, 2.45) is 11.0 Å². The number of nitriles is 1. The summed E-state index contributed by atoms with van der Waals surface area (Å²) >= 11 is 6.00. The number of carbonyl (C=O) groups is 2. The minimum absolute atomic E-state index is 0.0338. The lowest BCUT2D eigenvalue weighted by atomic mass is 9.93. The van der Waals surface area contributed by atoms with Gasteiger partial charge in [0.05, 0.1) is 30.5 Å². The van der Waals surface area contributed by atoms with Gasteiger partial charge in [-0.25, -0.2) is 14.6 Å². The third-order valence-corrected chi connectivity index (χ3v) is 5.12. The van der Waals surface area contributed by atoms with E-state index in [9.17, 15) is 9.59 Å². The number of rotatable bonds is 7. The molecule has 0 radical (unpaired) electrons. The Labute approximate surface area is 186 Å². The molecule has 0 aliphatic carbocycles. The Hall–Kier alpha value is -3.37. The molecule has 0 saturated heterocycles. The topological polar surface area (TPSA) is 94.8 Å². The molecule has 1 N–H and O–H groups in total. The first-order valence-electron chi connectivity index (χ1n) is 10.1. The standard InChI is InChI=1S/C23H23ClN4O3/c1-2-31-22(29)17-8-12-20(13-9-17)26-23(30)28-15-18(5-3-4-14-25)21(27-28)16-6-10-19(24)11-7-16/h6-13,18H,2-5,15H2,1H3,(H,26,30). The fourth-order valence-corrected chi connectivity index (χ4v) is 3.46. The molecule has 0 saturated carbocycles. The summed E-state index contributed by atoms with van der Waals surface area (Å²) in [5, 5.41) is 18.2. The van der Waals surface area contributed by atoms with Gasteiger partial charge in [-0.1, -0.05) is 23.7 Å². The molecule has 1 aliphatic heterocycles. The lowest BCUT2D eigenvalue weighted by Crippen LogP contribution is -2.30. The quantitative estimate of drug-likeness (QED) is 0.481. The number of hydrazone groups is 1. The van der Waals surface area contributed by atoms with Crippen molar-refractivity contribution >= 4 is 35.0 Å². The van der Waals surface area contributed by atoms with Gasteiger partial charge in [-0.15, -0.1) is 0 Å². The average Bonchev–Trinajstić information content (AvgIpc) is 3.19. The number of amides is 2. The van der Waals surface area contributed by atoms with Crippen LogP contribution in [0.3, 0.4) is 0 Å². The maximum absolute atomic E-state index is 12.8. The zero-order valence-electron chi connectivity index (χ0n) is 17.2. The number of nitrogens with one attached hydrogen (secondary N) is 1. The van der Waals surface area contributed by atoms with Crippen molar-refractivity contribution < 1.29 is 14.3 Å². The summed E-state index contributed by atoms with van der Waals surface area (Å²) in [7, 11) is 0. The molecule has 1 aliphatic rings. The maximum atomic E-state index is 12.8. The fourth-order valence-electron chi connectivity index (χ4n) is 3.34. The average molecular weight is 439 g/mol. The molecular formula is C23H23ClN4O3. The molecule has 1 atom stereocenters. The fraction of sp³-hybridized carbons (Fsp3) is 0.304. The summed E-state index contributed by atoms with van der Waals surface area (Å²) < 4.78 is 4.96. The van der Waals surface area contributed by atoms with Gasteiger partial charge in [-0.3, -0.25) is 0 Å². The SMILES string of the molecule is CCOC(=O)c1ccc(NC(=O)N2CC(CCCC#N)C(c3ccc(Cl)cc3)=N2)cc1. The maximum Gasteiger partial charge on any atom is 0.342 e. The van der Waals surface area contributed by atoms with Crippen LogP contribution in [0.15, 0.2) is 53.6 Å². The predicted molar refractivity (Wildman–Crippen MR) is 119 cm³/mol. The van der Waals surface area contributed by atoms with Crippen molar-refractivity contribution in [1.29, 1.82) is 5.26 Å². The largest absolute Gasteiger partial charge is 0.462 e. The third kappa shape index (κ3) is 5.83. The Balaban J connectivity index is 1.71. The molecule has 2 aromatic carbocycles. The van der Waals surface area contributed by atoms with Crippen molar-refractivity contribution in [3.63, 3.8) is 0 Å². The number of anilines is 1. The van der Waals surface area contributed by atoms with Gasteiger partial charge in [-0.2, -0.15) is 10.4 Å². The highest BCUT2D eigenvalue weighted by Crippen LogP contribution is 2.26. The summed E-state index contributed by atoms with van der Waals surface area (Å²) in [6.45, 7) is 2.47. The van der Waals surface area contributed by atoms with Gasteiger partial charge in [0, 0.05) is 23.0 Å². The van der Waals surface area contributed by atoms with Crippen LogP contribution in [0.4, 0.5) is 10.5 Å². The molecule has 0 fully saturated rings. The molecule has 160 valence electrons. The van der Waals surface area contributed by atoms with Gasteiger partial charge in [0.25, 0.3) is 0 Å². The van der Waals surface area contributed by atoms with Gasteiger partial charge in [0.2, 0.25) is 0 Å². The van der Waals surface area contributed by atoms with E-state index in [-0.39, 0.29) is 11.9 Å². The number of ether oxygens (including phenoxy) is 1. The highest BCUT2D eigenvalue weighted by molar-refractivity contribution is 6.30. The van der Waals surface area contributed by atoms with Crippen LogP contribution in [0.2, 0.25) is 5.02 Å². The van der Waals surface area contributed by atoms with Crippen LogP contribution in [0.5, 0.6) is 0 Å². The number of unbranched alkanes of at least 4 members (excludes halogenated alkanes) is 1. The van der Waals surface area contributed by atoms with E-state index in [1.54, 1.807) is 43.3 Å². The molecule has 0 aromatic heterocycles. The number of nitrogens with zero attached hydrogens (tertiary/aromatic N) is 3. The second-order valence-corrected chi connectivity index (χ2v) is 7.49. The third-order valence-electron chi connectivity index (χ3n) is 4.87. The van der Waals surface area contributed by atoms with E-state index < -0.39 is 5.97 Å². The van der Waals surface area contributed by atoms with E-state index >= 15 is 0 Å². The van der Waals surface area contributed by atoms with Crippen LogP contribution in [0, 0.1) is 17.2 Å². The number of hydrogen-bond acceptors (Lipinski definition) is 5. The number of benzene rings is 2. The summed E-state index contributed by atoms with van der Waals surface area (Å²) in [4.78, 5) is 24.5. The van der Waals surface area contributed by atoms with Crippen LogP contribution in [-0.4, -0.2) is 35.9 Å². The minimum atomic E-state index is -0.405. The first kappa shape index (κ1) is 22.3. The van der Waals surface area contributed by atoms with Gasteiger partial charge in [-0.05, 0) is 61.7 Å². The van der Waals surface area contributed by atoms with E-state index in [0.717, 1.165) is 24.1 Å². The highest BCUT2D eigenvalue weighted by Gasteiger charge is 2.30.